The van der Waals surface area contributed by atoms with E-state index in [1.807, 2.05) is 23.1 Å². The molecule has 0 N–H and O–H groups in total. The van der Waals surface area contributed by atoms with E-state index in [-0.39, 0.29) is 5.91 Å². The molecule has 0 radical (unpaired) electrons. The third kappa shape index (κ3) is 3.27. The molecule has 2 nitrogen and oxygen atoms in total. The number of halogens is 2. The second-order valence-corrected chi connectivity index (χ2v) is 6.15. The van der Waals surface area contributed by atoms with Crippen molar-refractivity contribution in [3.63, 3.8) is 0 Å². The van der Waals surface area contributed by atoms with Crippen LogP contribution in [0.1, 0.15) is 25.3 Å². The number of likely N-dealkylation sites (tertiary alicyclic amines) is 1. The van der Waals surface area contributed by atoms with Gasteiger partial charge in [0, 0.05) is 17.6 Å². The van der Waals surface area contributed by atoms with Gasteiger partial charge in [-0.1, -0.05) is 30.7 Å². The van der Waals surface area contributed by atoms with Crippen molar-refractivity contribution in [2.24, 2.45) is 5.92 Å². The van der Waals surface area contributed by atoms with Crippen LogP contribution in [0.5, 0.6) is 0 Å². The minimum atomic E-state index is 0.199. The third-order valence-electron chi connectivity index (χ3n) is 3.51. The second kappa shape index (κ2) is 6.07. The Morgan fingerprint density at radius 1 is 1.44 bits per heavy atom. The molecule has 1 aliphatic heterocycles. The summed E-state index contributed by atoms with van der Waals surface area (Å²) in [6.07, 6.45) is 2.65. The predicted molar refractivity (Wildman–Crippen MR) is 77.8 cm³/mol. The van der Waals surface area contributed by atoms with Crippen LogP contribution in [0.25, 0.3) is 0 Å². The Labute approximate surface area is 121 Å². The molecule has 1 aromatic carbocycles. The van der Waals surface area contributed by atoms with Gasteiger partial charge in [-0.2, -0.15) is 0 Å². The van der Waals surface area contributed by atoms with E-state index in [2.05, 4.69) is 22.9 Å². The predicted octanol–water partition coefficient (Wildman–Crippen LogP) is 3.90. The van der Waals surface area contributed by atoms with Gasteiger partial charge in [-0.05, 0) is 46.3 Å². The Bertz CT molecular complexity index is 441. The van der Waals surface area contributed by atoms with E-state index in [4.69, 9.17) is 11.6 Å². The summed E-state index contributed by atoms with van der Waals surface area (Å²) in [6.45, 7) is 4.02. The van der Waals surface area contributed by atoms with Crippen LogP contribution in [0, 0.1) is 5.92 Å². The molecule has 0 unspecified atom stereocenters. The molecule has 98 valence electrons. The molecular formula is C14H17BrClNO. The maximum Gasteiger partial charge on any atom is 0.227 e. The molecule has 1 heterocycles. The van der Waals surface area contributed by atoms with Crippen molar-refractivity contribution in [3.8, 4) is 0 Å². The van der Waals surface area contributed by atoms with Gasteiger partial charge in [-0.15, -0.1) is 0 Å². The first-order chi connectivity index (χ1) is 8.58. The van der Waals surface area contributed by atoms with Crippen LogP contribution in [0.15, 0.2) is 22.7 Å². The zero-order chi connectivity index (χ0) is 13.1. The summed E-state index contributed by atoms with van der Waals surface area (Å²) in [5, 5.41) is 0.660. The van der Waals surface area contributed by atoms with Gasteiger partial charge in [0.05, 0.1) is 11.4 Å². The van der Waals surface area contributed by atoms with Gasteiger partial charge in [-0.25, -0.2) is 0 Å². The molecule has 1 aliphatic rings. The lowest BCUT2D eigenvalue weighted by Crippen LogP contribution is -2.38. The van der Waals surface area contributed by atoms with Gasteiger partial charge < -0.3 is 4.90 Å². The minimum absolute atomic E-state index is 0.199. The Morgan fingerprint density at radius 2 is 2.11 bits per heavy atom. The number of piperidine rings is 1. The second-order valence-electron chi connectivity index (χ2n) is 4.95. The van der Waals surface area contributed by atoms with Gasteiger partial charge in [0.1, 0.15) is 0 Å². The van der Waals surface area contributed by atoms with E-state index in [0.717, 1.165) is 41.9 Å². The number of carbonyl (C=O) groups is 1. The molecule has 0 bridgehead atoms. The zero-order valence-corrected chi connectivity index (χ0v) is 12.8. The van der Waals surface area contributed by atoms with Crippen LogP contribution in [-0.4, -0.2) is 23.9 Å². The molecule has 4 heteroatoms. The number of nitrogens with zero attached hydrogens (tertiary/aromatic N) is 1. The van der Waals surface area contributed by atoms with E-state index < -0.39 is 0 Å². The van der Waals surface area contributed by atoms with E-state index in [1.54, 1.807) is 0 Å². The molecule has 18 heavy (non-hydrogen) atoms. The van der Waals surface area contributed by atoms with Crippen molar-refractivity contribution in [2.45, 2.75) is 26.2 Å². The quantitative estimate of drug-likeness (QED) is 0.805. The fourth-order valence-electron chi connectivity index (χ4n) is 2.22. The number of rotatable bonds is 2. The summed E-state index contributed by atoms with van der Waals surface area (Å²) in [5.74, 6) is 0.942. The highest BCUT2D eigenvalue weighted by Crippen LogP contribution is 2.27. The minimum Gasteiger partial charge on any atom is -0.342 e. The Balaban J connectivity index is 2.01. The third-order valence-corrected chi connectivity index (χ3v) is 4.99. The summed E-state index contributed by atoms with van der Waals surface area (Å²) in [7, 11) is 0. The van der Waals surface area contributed by atoms with Gasteiger partial charge in [0.2, 0.25) is 5.91 Å². The highest BCUT2D eigenvalue weighted by molar-refractivity contribution is 9.10. The first-order valence-electron chi connectivity index (χ1n) is 6.28. The van der Waals surface area contributed by atoms with Crippen LogP contribution < -0.4 is 0 Å². The smallest absolute Gasteiger partial charge is 0.227 e. The highest BCUT2D eigenvalue weighted by atomic mass is 79.9. The van der Waals surface area contributed by atoms with Gasteiger partial charge in [0.15, 0.2) is 0 Å². The molecule has 0 aliphatic carbocycles. The maximum absolute atomic E-state index is 12.2. The standard InChI is InChI=1S/C14H17BrClNO/c1-10-5-7-17(8-6-10)13(18)9-11-3-2-4-12(16)14(11)15/h2-4,10H,5-9H2,1H3. The van der Waals surface area contributed by atoms with Crippen molar-refractivity contribution >= 4 is 33.4 Å². The average Bonchev–Trinajstić information content (AvgIpc) is 2.36. The van der Waals surface area contributed by atoms with Gasteiger partial charge >= 0.3 is 0 Å². The van der Waals surface area contributed by atoms with Crippen molar-refractivity contribution < 1.29 is 4.79 Å². The highest BCUT2D eigenvalue weighted by Gasteiger charge is 2.21. The summed E-state index contributed by atoms with van der Waals surface area (Å²) in [4.78, 5) is 14.2. The molecule has 0 atom stereocenters. The lowest BCUT2D eigenvalue weighted by molar-refractivity contribution is -0.131. The van der Waals surface area contributed by atoms with Crippen LogP contribution in [-0.2, 0) is 11.2 Å². The lowest BCUT2D eigenvalue weighted by atomic mass is 9.98. The van der Waals surface area contributed by atoms with Crippen molar-refractivity contribution in [2.75, 3.05) is 13.1 Å². The fourth-order valence-corrected chi connectivity index (χ4v) is 2.82. The summed E-state index contributed by atoms with van der Waals surface area (Å²) in [6, 6.07) is 5.65. The molecule has 0 aromatic heterocycles. The van der Waals surface area contributed by atoms with Crippen molar-refractivity contribution in [1.29, 1.82) is 0 Å². The number of benzene rings is 1. The van der Waals surface area contributed by atoms with Gasteiger partial charge in [0.25, 0.3) is 0 Å². The molecule has 1 fully saturated rings. The van der Waals surface area contributed by atoms with Gasteiger partial charge in [-0.3, -0.25) is 4.79 Å². The number of carbonyl (C=O) groups excluding carboxylic acids is 1. The van der Waals surface area contributed by atoms with Crippen LogP contribution in [0.2, 0.25) is 5.02 Å². The number of hydrogen-bond donors (Lipinski definition) is 0. The molecule has 1 saturated heterocycles. The van der Waals surface area contributed by atoms with Crippen molar-refractivity contribution in [3.05, 3.63) is 33.3 Å². The first-order valence-corrected chi connectivity index (χ1v) is 7.45. The topological polar surface area (TPSA) is 20.3 Å². The molecular weight excluding hydrogens is 314 g/mol. The van der Waals surface area contributed by atoms with E-state index in [0.29, 0.717) is 11.4 Å². The summed E-state index contributed by atoms with van der Waals surface area (Å²) in [5.41, 5.74) is 0.964. The number of amides is 1. The average molecular weight is 331 g/mol. The molecule has 2 rings (SSSR count). The van der Waals surface area contributed by atoms with Crippen molar-refractivity contribution in [1.82, 2.24) is 4.90 Å². The van der Waals surface area contributed by atoms with Crippen LogP contribution in [0.3, 0.4) is 0 Å². The Hall–Kier alpha value is -0.540. The van der Waals surface area contributed by atoms with E-state index in [9.17, 15) is 4.79 Å². The maximum atomic E-state index is 12.2. The number of hydrogen-bond acceptors (Lipinski definition) is 1. The molecule has 1 aromatic rings. The van der Waals surface area contributed by atoms with Crippen LogP contribution >= 0.6 is 27.5 Å². The monoisotopic (exact) mass is 329 g/mol. The fraction of sp³-hybridized carbons (Fsp3) is 0.500. The zero-order valence-electron chi connectivity index (χ0n) is 10.5. The molecule has 1 amide bonds. The Kier molecular flexibility index (Phi) is 4.68. The summed E-state index contributed by atoms with van der Waals surface area (Å²) < 4.78 is 0.838. The lowest BCUT2D eigenvalue weighted by Gasteiger charge is -2.30. The van der Waals surface area contributed by atoms with Crippen LogP contribution in [0.4, 0.5) is 0 Å². The normalized spacial score (nSPS) is 16.9. The van der Waals surface area contributed by atoms with E-state index in [1.165, 1.54) is 0 Å². The largest absolute Gasteiger partial charge is 0.342 e. The SMILES string of the molecule is CC1CCN(C(=O)Cc2cccc(Cl)c2Br)CC1. The first kappa shape index (κ1) is 13.9. The molecule has 0 spiro atoms. The molecule has 0 saturated carbocycles. The summed E-state index contributed by atoms with van der Waals surface area (Å²) >= 11 is 9.47. The Morgan fingerprint density at radius 3 is 2.78 bits per heavy atom. The van der Waals surface area contributed by atoms with E-state index >= 15 is 0 Å².